The normalized spacial score (nSPS) is 17.8. The number of thiazole rings is 1. The van der Waals surface area contributed by atoms with Crippen molar-refractivity contribution in [1.82, 2.24) is 8.87 Å². The maximum atomic E-state index is 13.2. The first-order chi connectivity index (χ1) is 16.3. The van der Waals surface area contributed by atoms with E-state index in [2.05, 4.69) is 4.99 Å². The molecule has 0 saturated carbocycles. The summed E-state index contributed by atoms with van der Waals surface area (Å²) in [6, 6.07) is 9.73. The zero-order valence-electron chi connectivity index (χ0n) is 19.8. The molecule has 1 amide bonds. The Kier molecular flexibility index (Phi) is 7.11. The number of fused-ring (bicyclic) bond motifs is 1. The van der Waals surface area contributed by atoms with E-state index in [-0.39, 0.29) is 10.9 Å². The topological polar surface area (TPSA) is 90.2 Å². The lowest BCUT2D eigenvalue weighted by Gasteiger charge is -2.34. The van der Waals surface area contributed by atoms with Crippen molar-refractivity contribution in [1.29, 1.82) is 0 Å². The molecule has 2 aromatic carbocycles. The Morgan fingerprint density at radius 2 is 1.88 bits per heavy atom. The van der Waals surface area contributed by atoms with Gasteiger partial charge < -0.3 is 14.0 Å². The number of hydrogen-bond donors (Lipinski definition) is 0. The van der Waals surface area contributed by atoms with E-state index >= 15 is 0 Å². The number of methoxy groups -OCH3 is 2. The van der Waals surface area contributed by atoms with Crippen molar-refractivity contribution < 1.29 is 22.7 Å². The molecule has 34 heavy (non-hydrogen) atoms. The Bertz CT molecular complexity index is 1370. The summed E-state index contributed by atoms with van der Waals surface area (Å²) in [6.07, 6.45) is 3.59. The number of amides is 1. The number of aromatic nitrogens is 1. The molecule has 0 bridgehead atoms. The lowest BCUT2D eigenvalue weighted by molar-refractivity contribution is 0.0998. The molecule has 1 saturated heterocycles. The number of sulfonamides is 1. The highest BCUT2D eigenvalue weighted by Crippen LogP contribution is 2.32. The zero-order chi connectivity index (χ0) is 24.5. The van der Waals surface area contributed by atoms with Crippen molar-refractivity contribution in [3.63, 3.8) is 0 Å². The number of nitrogens with zero attached hydrogens (tertiary/aromatic N) is 3. The van der Waals surface area contributed by atoms with E-state index in [0.29, 0.717) is 28.4 Å². The van der Waals surface area contributed by atoms with E-state index in [1.807, 2.05) is 20.0 Å². The summed E-state index contributed by atoms with van der Waals surface area (Å²) in [4.78, 5) is 17.9. The van der Waals surface area contributed by atoms with Crippen LogP contribution in [0.2, 0.25) is 0 Å². The van der Waals surface area contributed by atoms with Crippen molar-refractivity contribution >= 4 is 37.5 Å². The van der Waals surface area contributed by atoms with Gasteiger partial charge in [-0.15, -0.1) is 0 Å². The quantitative estimate of drug-likeness (QED) is 0.508. The maximum absolute atomic E-state index is 13.2. The van der Waals surface area contributed by atoms with Gasteiger partial charge in [-0.2, -0.15) is 9.30 Å². The molecule has 182 valence electrons. The molecule has 2 heterocycles. The second kappa shape index (κ2) is 9.89. The Morgan fingerprint density at radius 3 is 2.53 bits per heavy atom. The minimum atomic E-state index is -3.60. The average molecular weight is 504 g/mol. The molecular formula is C24H29N3O5S2. The first kappa shape index (κ1) is 24.4. The summed E-state index contributed by atoms with van der Waals surface area (Å²) in [5.74, 6) is 0.834. The second-order valence-corrected chi connectivity index (χ2v) is 11.1. The average Bonchev–Trinajstić information content (AvgIpc) is 3.18. The van der Waals surface area contributed by atoms with Gasteiger partial charge in [0, 0.05) is 31.3 Å². The van der Waals surface area contributed by atoms with Crippen LogP contribution < -0.4 is 14.3 Å². The van der Waals surface area contributed by atoms with Gasteiger partial charge in [0.05, 0.1) is 23.8 Å². The van der Waals surface area contributed by atoms with Crippen LogP contribution in [-0.2, 0) is 17.1 Å². The third-order valence-corrected chi connectivity index (χ3v) is 9.29. The smallest absolute Gasteiger partial charge is 0.279 e. The number of carbonyl (C=O) groups excluding carboxylic acids is 1. The van der Waals surface area contributed by atoms with Crippen LogP contribution in [0.15, 0.2) is 46.3 Å². The van der Waals surface area contributed by atoms with E-state index in [4.69, 9.17) is 9.47 Å². The molecule has 10 heteroatoms. The van der Waals surface area contributed by atoms with Gasteiger partial charge in [-0.3, -0.25) is 4.79 Å². The Morgan fingerprint density at radius 1 is 1.15 bits per heavy atom. The molecular weight excluding hydrogens is 474 g/mol. The summed E-state index contributed by atoms with van der Waals surface area (Å²) in [6.45, 7) is 2.55. The van der Waals surface area contributed by atoms with Gasteiger partial charge in [-0.25, -0.2) is 8.42 Å². The monoisotopic (exact) mass is 503 g/mol. The summed E-state index contributed by atoms with van der Waals surface area (Å²) >= 11 is 1.35. The molecule has 8 nitrogen and oxygen atoms in total. The number of ether oxygens (including phenoxy) is 2. The molecule has 1 aliphatic heterocycles. The molecule has 0 radical (unpaired) electrons. The van der Waals surface area contributed by atoms with Crippen LogP contribution in [0.1, 0.15) is 43.0 Å². The van der Waals surface area contributed by atoms with Crippen LogP contribution in [0.3, 0.4) is 0 Å². The highest BCUT2D eigenvalue weighted by Gasteiger charge is 2.32. The highest BCUT2D eigenvalue weighted by molar-refractivity contribution is 7.89. The largest absolute Gasteiger partial charge is 0.497 e. The fourth-order valence-corrected chi connectivity index (χ4v) is 7.18. The van der Waals surface area contributed by atoms with Crippen LogP contribution in [0.5, 0.6) is 11.5 Å². The van der Waals surface area contributed by atoms with Crippen LogP contribution in [0.4, 0.5) is 0 Å². The summed E-state index contributed by atoms with van der Waals surface area (Å²) < 4.78 is 41.5. The van der Waals surface area contributed by atoms with Crippen LogP contribution in [-0.4, -0.2) is 50.0 Å². The predicted octanol–water partition coefficient (Wildman–Crippen LogP) is 3.95. The summed E-state index contributed by atoms with van der Waals surface area (Å²) in [5.41, 5.74) is 1.14. The van der Waals surface area contributed by atoms with Gasteiger partial charge >= 0.3 is 0 Å². The standard InChI is InChI=1S/C24H29N3O5S2/c1-5-17-8-6-7-13-27(17)34(29,30)19-11-9-16(10-12-19)23(28)25-24-26(2)22-20(32-4)14-18(31-3)15-21(22)33-24/h9-12,14-15,17H,5-8,13H2,1-4H3. The second-order valence-electron chi connectivity index (χ2n) is 8.23. The third-order valence-electron chi connectivity index (χ3n) is 6.24. The van der Waals surface area contributed by atoms with Crippen molar-refractivity contribution in [2.75, 3.05) is 20.8 Å². The van der Waals surface area contributed by atoms with Crippen molar-refractivity contribution in [3.05, 3.63) is 46.8 Å². The fourth-order valence-electron chi connectivity index (χ4n) is 4.35. The molecule has 1 aliphatic rings. The van der Waals surface area contributed by atoms with E-state index in [1.165, 1.54) is 35.6 Å². The van der Waals surface area contributed by atoms with Gasteiger partial charge in [0.25, 0.3) is 5.91 Å². The summed E-state index contributed by atoms with van der Waals surface area (Å²) in [5, 5.41) is 0. The van der Waals surface area contributed by atoms with Gasteiger partial charge in [0.1, 0.15) is 17.0 Å². The lowest BCUT2D eigenvalue weighted by Crippen LogP contribution is -2.43. The highest BCUT2D eigenvalue weighted by atomic mass is 32.2. The first-order valence-electron chi connectivity index (χ1n) is 11.2. The van der Waals surface area contributed by atoms with Crippen LogP contribution >= 0.6 is 11.3 Å². The lowest BCUT2D eigenvalue weighted by atomic mass is 10.0. The number of piperidine rings is 1. The number of aryl methyl sites for hydroxylation is 1. The Labute approximate surface area is 203 Å². The van der Waals surface area contributed by atoms with Crippen molar-refractivity contribution in [2.24, 2.45) is 12.0 Å². The molecule has 0 N–H and O–H groups in total. The first-order valence-corrected chi connectivity index (χ1v) is 13.5. The van der Waals surface area contributed by atoms with Gasteiger partial charge in [0.15, 0.2) is 4.80 Å². The number of hydrogen-bond acceptors (Lipinski definition) is 6. The molecule has 1 fully saturated rings. The zero-order valence-corrected chi connectivity index (χ0v) is 21.4. The fraction of sp³-hybridized carbons (Fsp3) is 0.417. The number of rotatable bonds is 6. The van der Waals surface area contributed by atoms with Crippen molar-refractivity contribution in [3.8, 4) is 11.5 Å². The van der Waals surface area contributed by atoms with Gasteiger partial charge in [-0.1, -0.05) is 24.7 Å². The Balaban J connectivity index is 1.65. The van der Waals surface area contributed by atoms with Crippen LogP contribution in [0.25, 0.3) is 10.2 Å². The van der Waals surface area contributed by atoms with Crippen LogP contribution in [0, 0.1) is 0 Å². The van der Waals surface area contributed by atoms with E-state index < -0.39 is 15.9 Å². The van der Waals surface area contributed by atoms with Gasteiger partial charge in [-0.05, 0) is 49.6 Å². The summed E-state index contributed by atoms with van der Waals surface area (Å²) in [7, 11) is 1.38. The molecule has 0 aliphatic carbocycles. The SMILES string of the molecule is CCC1CCCCN1S(=O)(=O)c1ccc(C(=O)N=c2sc3cc(OC)cc(OC)c3n2C)cc1. The molecule has 0 spiro atoms. The molecule has 1 atom stereocenters. The maximum Gasteiger partial charge on any atom is 0.279 e. The molecule has 3 aromatic rings. The van der Waals surface area contributed by atoms with E-state index in [0.717, 1.165) is 35.9 Å². The molecule has 1 aromatic heterocycles. The Hall–Kier alpha value is -2.69. The number of carbonyl (C=O) groups is 1. The minimum Gasteiger partial charge on any atom is -0.497 e. The molecule has 1 unspecified atom stereocenters. The predicted molar refractivity (Wildman–Crippen MR) is 132 cm³/mol. The number of benzene rings is 2. The third kappa shape index (κ3) is 4.49. The minimum absolute atomic E-state index is 0.0265. The molecule has 4 rings (SSSR count). The van der Waals surface area contributed by atoms with Crippen molar-refractivity contribution in [2.45, 2.75) is 43.5 Å². The van der Waals surface area contributed by atoms with Gasteiger partial charge in [0.2, 0.25) is 10.0 Å². The van der Waals surface area contributed by atoms with E-state index in [9.17, 15) is 13.2 Å². The van der Waals surface area contributed by atoms with E-state index in [1.54, 1.807) is 29.2 Å².